The highest BCUT2D eigenvalue weighted by atomic mass is 32.2. The van der Waals surface area contributed by atoms with Gasteiger partial charge >= 0.3 is 0 Å². The number of anilines is 1. The predicted molar refractivity (Wildman–Crippen MR) is 98.4 cm³/mol. The van der Waals surface area contributed by atoms with Gasteiger partial charge in [0.15, 0.2) is 5.58 Å². The van der Waals surface area contributed by atoms with Crippen LogP contribution >= 0.6 is 0 Å². The van der Waals surface area contributed by atoms with Crippen LogP contribution in [-0.2, 0) is 27.6 Å². The molecule has 9 nitrogen and oxygen atoms in total. The van der Waals surface area contributed by atoms with Crippen molar-refractivity contribution < 1.29 is 17.7 Å². The molecule has 1 amide bonds. The van der Waals surface area contributed by atoms with E-state index in [0.717, 1.165) is 0 Å². The van der Waals surface area contributed by atoms with Crippen LogP contribution in [0.3, 0.4) is 0 Å². The summed E-state index contributed by atoms with van der Waals surface area (Å²) >= 11 is 0. The van der Waals surface area contributed by atoms with Crippen molar-refractivity contribution in [2.75, 3.05) is 11.4 Å². The van der Waals surface area contributed by atoms with E-state index in [1.165, 1.54) is 0 Å². The van der Waals surface area contributed by atoms with Crippen molar-refractivity contribution in [3.63, 3.8) is 0 Å². The Labute approximate surface area is 156 Å². The zero-order valence-electron chi connectivity index (χ0n) is 14.7. The Morgan fingerprint density at radius 3 is 2.89 bits per heavy atom. The molecule has 4 rings (SSSR count). The van der Waals surface area contributed by atoms with Gasteiger partial charge in [-0.1, -0.05) is 17.3 Å². The number of hydrogen-bond donors (Lipinski definition) is 1. The molecule has 0 unspecified atom stereocenters. The average molecular weight is 389 g/mol. The number of sulfonamides is 1. The number of aryl methyl sites for hydroxylation is 1. The highest BCUT2D eigenvalue weighted by Gasteiger charge is 2.34. The number of carbonyl (C=O) groups excluding carboxylic acids is 1. The number of rotatable bonds is 5. The molecule has 27 heavy (non-hydrogen) atoms. The summed E-state index contributed by atoms with van der Waals surface area (Å²) in [6.45, 7) is 0.532. The quantitative estimate of drug-likeness (QED) is 0.701. The van der Waals surface area contributed by atoms with Crippen molar-refractivity contribution in [3.8, 4) is 0 Å². The van der Waals surface area contributed by atoms with Crippen LogP contribution in [0.4, 0.5) is 5.82 Å². The Balaban J connectivity index is 1.52. The van der Waals surface area contributed by atoms with Crippen molar-refractivity contribution in [2.24, 2.45) is 7.05 Å². The fourth-order valence-corrected chi connectivity index (χ4v) is 4.63. The first kappa shape index (κ1) is 17.7. The molecule has 0 radical (unpaired) electrons. The molecular formula is C17H19N5O4S. The Hall–Kier alpha value is -2.72. The van der Waals surface area contributed by atoms with E-state index in [1.807, 2.05) is 0 Å². The first-order chi connectivity index (χ1) is 12.9. The molecule has 1 atom stereocenters. The maximum absolute atomic E-state index is 12.8. The second kappa shape index (κ2) is 6.78. The van der Waals surface area contributed by atoms with E-state index in [9.17, 15) is 13.2 Å². The number of fused-ring (bicyclic) bond motifs is 1. The summed E-state index contributed by atoms with van der Waals surface area (Å²) in [4.78, 5) is 14.4. The molecule has 0 aliphatic carbocycles. The molecule has 2 aromatic heterocycles. The molecule has 1 saturated heterocycles. The van der Waals surface area contributed by atoms with Gasteiger partial charge in [-0.15, -0.1) is 0 Å². The third kappa shape index (κ3) is 3.45. The van der Waals surface area contributed by atoms with E-state index in [0.29, 0.717) is 41.9 Å². The first-order valence-corrected chi connectivity index (χ1v) is 10.2. The van der Waals surface area contributed by atoms with Crippen LogP contribution in [0, 0.1) is 0 Å². The van der Waals surface area contributed by atoms with Gasteiger partial charge in [0.2, 0.25) is 15.9 Å². The monoisotopic (exact) mass is 389 g/mol. The number of aromatic nitrogens is 3. The Morgan fingerprint density at radius 1 is 1.30 bits per heavy atom. The zero-order valence-corrected chi connectivity index (χ0v) is 15.5. The van der Waals surface area contributed by atoms with Gasteiger partial charge < -0.3 is 4.52 Å². The molecule has 1 N–H and O–H groups in total. The fourth-order valence-electron chi connectivity index (χ4n) is 3.32. The number of hydrogen-bond acceptors (Lipinski definition) is 6. The van der Waals surface area contributed by atoms with Crippen molar-refractivity contribution >= 4 is 32.7 Å². The van der Waals surface area contributed by atoms with E-state index in [2.05, 4.69) is 15.0 Å². The number of nitrogens with zero attached hydrogens (tertiary/aromatic N) is 4. The van der Waals surface area contributed by atoms with Gasteiger partial charge in [0.1, 0.15) is 23.3 Å². The summed E-state index contributed by atoms with van der Waals surface area (Å²) in [6.07, 6.45) is 2.75. The molecule has 1 aliphatic rings. The molecule has 142 valence electrons. The summed E-state index contributed by atoms with van der Waals surface area (Å²) in [6, 6.07) is 7.99. The van der Waals surface area contributed by atoms with Gasteiger partial charge in [-0.3, -0.25) is 14.4 Å². The average Bonchev–Trinajstić information content (AvgIpc) is 3.23. The third-order valence-corrected chi connectivity index (χ3v) is 5.91. The molecule has 0 spiro atoms. The van der Waals surface area contributed by atoms with Crippen LogP contribution in [0.15, 0.2) is 41.1 Å². The van der Waals surface area contributed by atoms with Gasteiger partial charge in [0.25, 0.3) is 0 Å². The third-order valence-electron chi connectivity index (χ3n) is 4.61. The summed E-state index contributed by atoms with van der Waals surface area (Å²) in [5, 5.41) is 8.58. The van der Waals surface area contributed by atoms with E-state index < -0.39 is 16.1 Å². The maximum atomic E-state index is 12.8. The molecule has 1 aliphatic heterocycles. The van der Waals surface area contributed by atoms with E-state index in [1.54, 1.807) is 53.2 Å². The molecule has 0 bridgehead atoms. The molecule has 10 heteroatoms. The number of amides is 1. The summed E-state index contributed by atoms with van der Waals surface area (Å²) in [7, 11) is -2.03. The lowest BCUT2D eigenvalue weighted by molar-refractivity contribution is -0.121. The maximum Gasteiger partial charge on any atom is 0.246 e. The van der Waals surface area contributed by atoms with Crippen LogP contribution in [0.25, 0.3) is 11.0 Å². The minimum atomic E-state index is -3.77. The van der Waals surface area contributed by atoms with Crippen molar-refractivity contribution in [2.45, 2.75) is 24.6 Å². The van der Waals surface area contributed by atoms with Gasteiger partial charge in [-0.05, 0) is 25.0 Å². The molecule has 1 fully saturated rings. The summed E-state index contributed by atoms with van der Waals surface area (Å²) in [5.74, 6) is 0.0179. The Morgan fingerprint density at radius 2 is 2.11 bits per heavy atom. The molecule has 3 heterocycles. The van der Waals surface area contributed by atoms with Crippen molar-refractivity contribution in [3.05, 3.63) is 42.2 Å². The lowest BCUT2D eigenvalue weighted by Crippen LogP contribution is -2.53. The van der Waals surface area contributed by atoms with Crippen LogP contribution in [0.2, 0.25) is 0 Å². The number of benzene rings is 1. The predicted octanol–water partition coefficient (Wildman–Crippen LogP) is 1.18. The van der Waals surface area contributed by atoms with Crippen molar-refractivity contribution in [1.29, 1.82) is 0 Å². The second-order valence-electron chi connectivity index (χ2n) is 6.50. The van der Waals surface area contributed by atoms with E-state index >= 15 is 0 Å². The number of para-hydroxylation sites is 1. The highest BCUT2D eigenvalue weighted by molar-refractivity contribution is 7.88. The van der Waals surface area contributed by atoms with Crippen LogP contribution in [0.1, 0.15) is 18.5 Å². The van der Waals surface area contributed by atoms with Gasteiger partial charge in [-0.2, -0.15) is 5.10 Å². The minimum absolute atomic E-state index is 0.279. The fraction of sp³-hybridized carbons (Fsp3) is 0.353. The van der Waals surface area contributed by atoms with E-state index in [4.69, 9.17) is 4.52 Å². The first-order valence-electron chi connectivity index (χ1n) is 8.57. The molecule has 1 aromatic carbocycles. The van der Waals surface area contributed by atoms with Crippen LogP contribution < -0.4 is 9.62 Å². The summed E-state index contributed by atoms with van der Waals surface area (Å²) in [5.41, 5.74) is 0.851. The van der Waals surface area contributed by atoms with Crippen LogP contribution in [0.5, 0.6) is 0 Å². The standard InChI is InChI=1S/C17H19N5O4S/c1-21-16(8-9-18-21)22-10-4-6-13(17(22)23)20-27(24,25)11-14-12-5-2-3-7-15(12)26-19-14/h2-3,5,7-9,13,20H,4,6,10-11H2,1H3/t13-/m0/s1. The number of nitrogens with one attached hydrogen (secondary N) is 1. The lowest BCUT2D eigenvalue weighted by atomic mass is 10.1. The topological polar surface area (TPSA) is 110 Å². The van der Waals surface area contributed by atoms with E-state index in [-0.39, 0.29) is 11.7 Å². The Bertz CT molecular complexity index is 1090. The largest absolute Gasteiger partial charge is 0.356 e. The molecule has 0 saturated carbocycles. The van der Waals surface area contributed by atoms with Crippen LogP contribution in [-0.4, -0.2) is 41.8 Å². The smallest absolute Gasteiger partial charge is 0.246 e. The van der Waals surface area contributed by atoms with Crippen molar-refractivity contribution in [1.82, 2.24) is 19.7 Å². The van der Waals surface area contributed by atoms with Gasteiger partial charge in [-0.25, -0.2) is 13.1 Å². The second-order valence-corrected chi connectivity index (χ2v) is 8.25. The zero-order chi connectivity index (χ0) is 19.0. The SMILES string of the molecule is Cn1nccc1N1CCC[C@H](NS(=O)(=O)Cc2noc3ccccc23)C1=O. The highest BCUT2D eigenvalue weighted by Crippen LogP contribution is 2.22. The molecule has 3 aromatic rings. The number of piperidine rings is 1. The normalized spacial score (nSPS) is 18.3. The Kier molecular flexibility index (Phi) is 4.44. The minimum Gasteiger partial charge on any atom is -0.356 e. The lowest BCUT2D eigenvalue weighted by Gasteiger charge is -2.32. The summed E-state index contributed by atoms with van der Waals surface area (Å²) < 4.78 is 34.5. The number of carbonyl (C=O) groups is 1. The van der Waals surface area contributed by atoms with Gasteiger partial charge in [0, 0.05) is 25.0 Å². The van der Waals surface area contributed by atoms with Gasteiger partial charge in [0.05, 0.1) is 6.20 Å². The molecular weight excluding hydrogens is 370 g/mol.